The second kappa shape index (κ2) is 8.83. The van der Waals surface area contributed by atoms with Crippen LogP contribution in [-0.2, 0) is 0 Å². The van der Waals surface area contributed by atoms with Crippen molar-refractivity contribution in [3.05, 3.63) is 52.9 Å². The van der Waals surface area contributed by atoms with E-state index in [1.54, 1.807) is 12.3 Å². The number of furan rings is 1. The lowest BCUT2D eigenvalue weighted by molar-refractivity contribution is 0.534. The van der Waals surface area contributed by atoms with Gasteiger partial charge in [0, 0.05) is 18.8 Å². The van der Waals surface area contributed by atoms with Crippen molar-refractivity contribution in [1.82, 2.24) is 15.0 Å². The third kappa shape index (κ3) is 4.86. The van der Waals surface area contributed by atoms with Gasteiger partial charge in [0.25, 0.3) is 0 Å². The predicted octanol–water partition coefficient (Wildman–Crippen LogP) is 4.41. The number of piperidine rings is 1. The summed E-state index contributed by atoms with van der Waals surface area (Å²) < 4.78 is 6.05. The highest BCUT2D eigenvalue weighted by molar-refractivity contribution is 9.10. The Morgan fingerprint density at radius 3 is 2.50 bits per heavy atom. The van der Waals surface area contributed by atoms with Crippen molar-refractivity contribution in [3.63, 3.8) is 0 Å². The fraction of sp³-hybridized carbons (Fsp3) is 0.263. The van der Waals surface area contributed by atoms with Crippen molar-refractivity contribution in [2.45, 2.75) is 19.3 Å². The molecule has 2 N–H and O–H groups in total. The van der Waals surface area contributed by atoms with Crippen LogP contribution in [0.5, 0.6) is 0 Å². The number of nitrogens with one attached hydrogen (secondary N) is 2. The van der Waals surface area contributed by atoms with Crippen LogP contribution in [0.15, 0.2) is 56.7 Å². The molecule has 0 bridgehead atoms. The molecule has 0 saturated carbocycles. The van der Waals surface area contributed by atoms with Gasteiger partial charge in [-0.1, -0.05) is 18.2 Å². The standard InChI is InChI=1S/C19H20BrN7O/c20-16-10-9-15(28-16)13-21-26-18-23-17(22-14-7-3-1-4-8-14)24-19(25-18)27-11-5-2-6-12-27/h1,3-4,7-10,13H,2,5-6,11-12H2,(H2,22,23,24,25,26)/b21-13-. The molecule has 28 heavy (non-hydrogen) atoms. The first-order valence-corrected chi connectivity index (χ1v) is 9.93. The van der Waals surface area contributed by atoms with E-state index in [4.69, 9.17) is 4.42 Å². The number of halogens is 1. The molecule has 2 aromatic heterocycles. The van der Waals surface area contributed by atoms with Crippen LogP contribution in [0.1, 0.15) is 25.0 Å². The van der Waals surface area contributed by atoms with Gasteiger partial charge in [-0.05, 0) is 59.5 Å². The summed E-state index contributed by atoms with van der Waals surface area (Å²) >= 11 is 3.27. The highest BCUT2D eigenvalue weighted by Gasteiger charge is 2.16. The molecule has 0 unspecified atom stereocenters. The Labute approximate surface area is 171 Å². The Kier molecular flexibility index (Phi) is 5.81. The van der Waals surface area contributed by atoms with E-state index < -0.39 is 0 Å². The number of nitrogens with zero attached hydrogens (tertiary/aromatic N) is 5. The van der Waals surface area contributed by atoms with Gasteiger partial charge in [0.05, 0.1) is 6.21 Å². The maximum Gasteiger partial charge on any atom is 0.250 e. The smallest absolute Gasteiger partial charge is 0.250 e. The molecule has 0 aliphatic carbocycles. The molecule has 1 fully saturated rings. The van der Waals surface area contributed by atoms with E-state index in [1.807, 2.05) is 36.4 Å². The second-order valence-corrected chi connectivity index (χ2v) is 7.11. The summed E-state index contributed by atoms with van der Waals surface area (Å²) in [5.74, 6) is 2.11. The Hall–Kier alpha value is -2.94. The van der Waals surface area contributed by atoms with Crippen LogP contribution in [0.3, 0.4) is 0 Å². The number of benzene rings is 1. The van der Waals surface area contributed by atoms with Gasteiger partial charge >= 0.3 is 0 Å². The van der Waals surface area contributed by atoms with Gasteiger partial charge in [0.2, 0.25) is 17.8 Å². The normalized spacial score (nSPS) is 14.4. The van der Waals surface area contributed by atoms with Gasteiger partial charge in [-0.3, -0.25) is 0 Å². The topological polar surface area (TPSA) is 91.5 Å². The van der Waals surface area contributed by atoms with Crippen molar-refractivity contribution in [1.29, 1.82) is 0 Å². The zero-order valence-corrected chi connectivity index (χ0v) is 16.8. The molecule has 1 aliphatic rings. The van der Waals surface area contributed by atoms with Crippen LogP contribution >= 0.6 is 15.9 Å². The Balaban J connectivity index is 1.56. The second-order valence-electron chi connectivity index (χ2n) is 6.33. The van der Waals surface area contributed by atoms with E-state index in [0.29, 0.717) is 28.3 Å². The molecule has 1 aromatic carbocycles. The number of rotatable bonds is 6. The molecule has 4 rings (SSSR count). The van der Waals surface area contributed by atoms with E-state index in [9.17, 15) is 0 Å². The highest BCUT2D eigenvalue weighted by atomic mass is 79.9. The molecule has 0 radical (unpaired) electrons. The largest absolute Gasteiger partial charge is 0.448 e. The Morgan fingerprint density at radius 2 is 1.75 bits per heavy atom. The number of para-hydroxylation sites is 1. The van der Waals surface area contributed by atoms with Crippen molar-refractivity contribution in [3.8, 4) is 0 Å². The summed E-state index contributed by atoms with van der Waals surface area (Å²) in [6, 6.07) is 13.4. The van der Waals surface area contributed by atoms with Crippen LogP contribution in [0.4, 0.5) is 23.5 Å². The zero-order chi connectivity index (χ0) is 19.2. The molecule has 9 heteroatoms. The van der Waals surface area contributed by atoms with Crippen molar-refractivity contribution in [2.24, 2.45) is 5.10 Å². The van der Waals surface area contributed by atoms with Gasteiger partial charge in [0.1, 0.15) is 5.76 Å². The molecule has 3 aromatic rings. The van der Waals surface area contributed by atoms with Crippen LogP contribution in [0.25, 0.3) is 0 Å². The molecular weight excluding hydrogens is 422 g/mol. The average molecular weight is 442 g/mol. The summed E-state index contributed by atoms with van der Waals surface area (Å²) in [6.07, 6.45) is 5.09. The summed E-state index contributed by atoms with van der Waals surface area (Å²) in [5, 5.41) is 7.40. The first kappa shape index (κ1) is 18.4. The third-order valence-corrected chi connectivity index (χ3v) is 4.67. The number of aromatic nitrogens is 3. The zero-order valence-electron chi connectivity index (χ0n) is 15.2. The summed E-state index contributed by atoms with van der Waals surface area (Å²) in [6.45, 7) is 1.88. The summed E-state index contributed by atoms with van der Waals surface area (Å²) in [4.78, 5) is 15.7. The predicted molar refractivity (Wildman–Crippen MR) is 113 cm³/mol. The minimum Gasteiger partial charge on any atom is -0.448 e. The van der Waals surface area contributed by atoms with Gasteiger partial charge in [-0.2, -0.15) is 20.1 Å². The van der Waals surface area contributed by atoms with Crippen LogP contribution < -0.4 is 15.6 Å². The Bertz CT molecular complexity index is 938. The molecule has 144 valence electrons. The molecule has 0 atom stereocenters. The van der Waals surface area contributed by atoms with Gasteiger partial charge < -0.3 is 14.6 Å². The molecule has 0 amide bonds. The highest BCUT2D eigenvalue weighted by Crippen LogP contribution is 2.20. The van der Waals surface area contributed by atoms with Crippen molar-refractivity contribution in [2.75, 3.05) is 28.7 Å². The minimum absolute atomic E-state index is 0.371. The molecule has 3 heterocycles. The maximum absolute atomic E-state index is 5.40. The molecule has 8 nitrogen and oxygen atoms in total. The third-order valence-electron chi connectivity index (χ3n) is 4.24. The number of anilines is 4. The first-order chi connectivity index (χ1) is 13.8. The van der Waals surface area contributed by atoms with Crippen molar-refractivity contribution >= 4 is 45.7 Å². The lowest BCUT2D eigenvalue weighted by Gasteiger charge is -2.26. The summed E-state index contributed by atoms with van der Waals surface area (Å²) in [5.41, 5.74) is 3.78. The van der Waals surface area contributed by atoms with Crippen LogP contribution in [0, 0.1) is 0 Å². The van der Waals surface area contributed by atoms with E-state index in [2.05, 4.69) is 51.6 Å². The number of hydrogen-bond acceptors (Lipinski definition) is 8. The number of hydrogen-bond donors (Lipinski definition) is 2. The summed E-state index contributed by atoms with van der Waals surface area (Å²) in [7, 11) is 0. The SMILES string of the molecule is Brc1ccc(/C=N\Nc2nc(Nc3ccccc3)nc(N3CCCCC3)n2)o1. The fourth-order valence-electron chi connectivity index (χ4n) is 2.91. The molecule has 1 aliphatic heterocycles. The molecule has 1 saturated heterocycles. The monoisotopic (exact) mass is 441 g/mol. The Morgan fingerprint density at radius 1 is 0.964 bits per heavy atom. The average Bonchev–Trinajstić information content (AvgIpc) is 3.14. The lowest BCUT2D eigenvalue weighted by atomic mass is 10.1. The van der Waals surface area contributed by atoms with Crippen LogP contribution in [-0.4, -0.2) is 34.3 Å². The van der Waals surface area contributed by atoms with E-state index in [1.165, 1.54) is 6.42 Å². The first-order valence-electron chi connectivity index (χ1n) is 9.14. The molecular formula is C19H20BrN7O. The van der Waals surface area contributed by atoms with Gasteiger partial charge in [-0.15, -0.1) is 0 Å². The van der Waals surface area contributed by atoms with Gasteiger partial charge in [0.15, 0.2) is 4.67 Å². The van der Waals surface area contributed by atoms with E-state index >= 15 is 0 Å². The van der Waals surface area contributed by atoms with Crippen LogP contribution in [0.2, 0.25) is 0 Å². The van der Waals surface area contributed by atoms with Gasteiger partial charge in [-0.25, -0.2) is 5.43 Å². The lowest BCUT2D eigenvalue weighted by Crippen LogP contribution is -2.31. The van der Waals surface area contributed by atoms with E-state index in [-0.39, 0.29) is 0 Å². The van der Waals surface area contributed by atoms with E-state index in [0.717, 1.165) is 31.6 Å². The quantitative estimate of drug-likeness (QED) is 0.432. The maximum atomic E-state index is 5.40. The van der Waals surface area contributed by atoms with Crippen molar-refractivity contribution < 1.29 is 4.42 Å². The fourth-order valence-corrected chi connectivity index (χ4v) is 3.23. The minimum atomic E-state index is 0.371. The molecule has 0 spiro atoms. The number of hydrazone groups is 1.